The van der Waals surface area contributed by atoms with Crippen LogP contribution < -0.4 is 0 Å². The van der Waals surface area contributed by atoms with Crippen LogP contribution in [-0.4, -0.2) is 22.5 Å². The standard InChI is InChI=1S/C14H11N3O2/c1-2-19-14(18)11(9-15)7-10-3-4-12-13(8-10)17-6-5-16-12/h3-8H,2H2,1H3/b11-7+. The number of rotatable bonds is 3. The minimum absolute atomic E-state index is 0.0370. The summed E-state index contributed by atoms with van der Waals surface area (Å²) < 4.78 is 4.80. The topological polar surface area (TPSA) is 75.9 Å². The van der Waals surface area contributed by atoms with E-state index >= 15 is 0 Å². The largest absolute Gasteiger partial charge is 0.462 e. The van der Waals surface area contributed by atoms with Crippen molar-refractivity contribution in [2.45, 2.75) is 6.92 Å². The molecule has 0 amide bonds. The van der Waals surface area contributed by atoms with Crippen LogP contribution in [0.15, 0.2) is 36.2 Å². The van der Waals surface area contributed by atoms with Crippen molar-refractivity contribution in [2.75, 3.05) is 6.61 Å². The van der Waals surface area contributed by atoms with Crippen molar-refractivity contribution in [3.05, 3.63) is 41.7 Å². The van der Waals surface area contributed by atoms with Gasteiger partial charge in [0, 0.05) is 12.4 Å². The van der Waals surface area contributed by atoms with Gasteiger partial charge in [-0.25, -0.2) is 4.79 Å². The Balaban J connectivity index is 2.38. The molecule has 0 saturated heterocycles. The van der Waals surface area contributed by atoms with Crippen LogP contribution in [0.3, 0.4) is 0 Å². The summed E-state index contributed by atoms with van der Waals surface area (Å²) in [4.78, 5) is 19.8. The summed E-state index contributed by atoms with van der Waals surface area (Å²) in [6, 6.07) is 7.15. The van der Waals surface area contributed by atoms with Gasteiger partial charge in [-0.2, -0.15) is 5.26 Å². The van der Waals surface area contributed by atoms with Crippen LogP contribution in [0.1, 0.15) is 12.5 Å². The first-order valence-corrected chi connectivity index (χ1v) is 5.74. The maximum Gasteiger partial charge on any atom is 0.348 e. The highest BCUT2D eigenvalue weighted by molar-refractivity contribution is 5.98. The zero-order valence-electron chi connectivity index (χ0n) is 10.3. The molecule has 0 aliphatic heterocycles. The van der Waals surface area contributed by atoms with Crippen molar-refractivity contribution in [3.8, 4) is 6.07 Å². The second-order valence-electron chi connectivity index (χ2n) is 3.69. The lowest BCUT2D eigenvalue weighted by molar-refractivity contribution is -0.137. The molecule has 0 fully saturated rings. The molecule has 0 atom stereocenters. The molecule has 94 valence electrons. The van der Waals surface area contributed by atoms with E-state index in [0.717, 1.165) is 5.52 Å². The van der Waals surface area contributed by atoms with Gasteiger partial charge >= 0.3 is 5.97 Å². The van der Waals surface area contributed by atoms with Gasteiger partial charge in [0.1, 0.15) is 11.6 Å². The zero-order chi connectivity index (χ0) is 13.7. The Morgan fingerprint density at radius 3 is 2.79 bits per heavy atom. The summed E-state index contributed by atoms with van der Waals surface area (Å²) in [5.74, 6) is -0.621. The molecule has 1 aromatic carbocycles. The van der Waals surface area contributed by atoms with Gasteiger partial charge in [0.05, 0.1) is 17.6 Å². The monoisotopic (exact) mass is 253 g/mol. The molecular weight excluding hydrogens is 242 g/mol. The fourth-order valence-electron chi connectivity index (χ4n) is 1.58. The first-order valence-electron chi connectivity index (χ1n) is 5.74. The second kappa shape index (κ2) is 5.74. The number of fused-ring (bicyclic) bond motifs is 1. The molecule has 5 nitrogen and oxygen atoms in total. The summed E-state index contributed by atoms with van der Waals surface area (Å²) in [5.41, 5.74) is 2.13. The van der Waals surface area contributed by atoms with E-state index in [0.29, 0.717) is 11.1 Å². The quantitative estimate of drug-likeness (QED) is 0.475. The fraction of sp³-hybridized carbons (Fsp3) is 0.143. The number of hydrogen-bond acceptors (Lipinski definition) is 5. The number of carbonyl (C=O) groups excluding carboxylic acids is 1. The van der Waals surface area contributed by atoms with Crippen LogP contribution in [0.25, 0.3) is 17.1 Å². The molecule has 2 rings (SSSR count). The second-order valence-corrected chi connectivity index (χ2v) is 3.69. The number of esters is 1. The van der Waals surface area contributed by atoms with E-state index < -0.39 is 5.97 Å². The van der Waals surface area contributed by atoms with E-state index in [1.807, 2.05) is 6.07 Å². The maximum absolute atomic E-state index is 11.5. The third kappa shape index (κ3) is 2.93. The Bertz CT molecular complexity index is 686. The Labute approximate surface area is 110 Å². The van der Waals surface area contributed by atoms with Gasteiger partial charge in [-0.05, 0) is 30.7 Å². The van der Waals surface area contributed by atoms with Crippen molar-refractivity contribution in [1.82, 2.24) is 9.97 Å². The van der Waals surface area contributed by atoms with Crippen molar-refractivity contribution in [2.24, 2.45) is 0 Å². The average molecular weight is 253 g/mol. The maximum atomic E-state index is 11.5. The molecule has 0 spiro atoms. The van der Waals surface area contributed by atoms with Gasteiger partial charge in [-0.3, -0.25) is 9.97 Å². The van der Waals surface area contributed by atoms with Gasteiger partial charge in [0.25, 0.3) is 0 Å². The van der Waals surface area contributed by atoms with E-state index in [1.54, 1.807) is 37.5 Å². The first kappa shape index (κ1) is 12.7. The summed E-state index contributed by atoms with van der Waals surface area (Å²) in [6.07, 6.45) is 4.68. The van der Waals surface area contributed by atoms with Crippen LogP contribution in [0.5, 0.6) is 0 Å². The molecule has 19 heavy (non-hydrogen) atoms. The zero-order valence-corrected chi connectivity index (χ0v) is 10.3. The van der Waals surface area contributed by atoms with Crippen LogP contribution >= 0.6 is 0 Å². The highest BCUT2D eigenvalue weighted by Crippen LogP contribution is 2.14. The van der Waals surface area contributed by atoms with Gasteiger partial charge in [-0.1, -0.05) is 6.07 Å². The lowest BCUT2D eigenvalue weighted by atomic mass is 10.1. The van der Waals surface area contributed by atoms with E-state index in [9.17, 15) is 4.79 Å². The lowest BCUT2D eigenvalue weighted by Gasteiger charge is -2.01. The van der Waals surface area contributed by atoms with Gasteiger partial charge in [0.15, 0.2) is 0 Å². The molecular formula is C14H11N3O2. The van der Waals surface area contributed by atoms with Crippen molar-refractivity contribution in [1.29, 1.82) is 5.26 Å². The molecule has 0 bridgehead atoms. The summed E-state index contributed by atoms with van der Waals surface area (Å²) >= 11 is 0. The number of aromatic nitrogens is 2. The summed E-state index contributed by atoms with van der Waals surface area (Å²) in [5, 5.41) is 8.95. The predicted molar refractivity (Wildman–Crippen MR) is 69.8 cm³/mol. The highest BCUT2D eigenvalue weighted by atomic mass is 16.5. The Morgan fingerprint density at radius 2 is 2.11 bits per heavy atom. The van der Waals surface area contributed by atoms with Crippen LogP contribution in [0.2, 0.25) is 0 Å². The Hall–Kier alpha value is -2.74. The molecule has 0 unspecified atom stereocenters. The third-order valence-corrected chi connectivity index (χ3v) is 2.42. The Kier molecular flexibility index (Phi) is 3.84. The molecule has 0 aliphatic rings. The van der Waals surface area contributed by atoms with E-state index in [-0.39, 0.29) is 12.2 Å². The highest BCUT2D eigenvalue weighted by Gasteiger charge is 2.09. The normalized spacial score (nSPS) is 11.1. The average Bonchev–Trinajstić information content (AvgIpc) is 2.44. The van der Waals surface area contributed by atoms with Crippen molar-refractivity contribution < 1.29 is 9.53 Å². The summed E-state index contributed by atoms with van der Waals surface area (Å²) in [6.45, 7) is 1.93. The number of nitriles is 1. The predicted octanol–water partition coefficient (Wildman–Crippen LogP) is 2.10. The third-order valence-electron chi connectivity index (χ3n) is 2.42. The first-order chi connectivity index (χ1) is 9.24. The van der Waals surface area contributed by atoms with Crippen molar-refractivity contribution >= 4 is 23.1 Å². The molecule has 5 heteroatoms. The molecule has 0 aliphatic carbocycles. The molecule has 2 aromatic rings. The van der Waals surface area contributed by atoms with Crippen LogP contribution in [0, 0.1) is 11.3 Å². The molecule has 1 aromatic heterocycles. The molecule has 0 N–H and O–H groups in total. The lowest BCUT2D eigenvalue weighted by Crippen LogP contribution is -2.05. The summed E-state index contributed by atoms with van der Waals surface area (Å²) in [7, 11) is 0. The minimum Gasteiger partial charge on any atom is -0.462 e. The molecule has 0 saturated carbocycles. The molecule has 1 heterocycles. The number of nitrogens with zero attached hydrogens (tertiary/aromatic N) is 3. The number of ether oxygens (including phenoxy) is 1. The van der Waals surface area contributed by atoms with E-state index in [4.69, 9.17) is 10.00 Å². The minimum atomic E-state index is -0.621. The van der Waals surface area contributed by atoms with Crippen LogP contribution in [-0.2, 0) is 9.53 Å². The van der Waals surface area contributed by atoms with Gasteiger partial charge < -0.3 is 4.74 Å². The van der Waals surface area contributed by atoms with Gasteiger partial charge in [0.2, 0.25) is 0 Å². The van der Waals surface area contributed by atoms with Gasteiger partial charge in [-0.15, -0.1) is 0 Å². The number of benzene rings is 1. The number of carbonyl (C=O) groups is 1. The van der Waals surface area contributed by atoms with Crippen LogP contribution in [0.4, 0.5) is 0 Å². The van der Waals surface area contributed by atoms with E-state index in [1.165, 1.54) is 6.08 Å². The Morgan fingerprint density at radius 1 is 1.37 bits per heavy atom. The molecule has 0 radical (unpaired) electrons. The van der Waals surface area contributed by atoms with E-state index in [2.05, 4.69) is 9.97 Å². The van der Waals surface area contributed by atoms with Crippen molar-refractivity contribution in [3.63, 3.8) is 0 Å². The smallest absolute Gasteiger partial charge is 0.348 e. The fourth-order valence-corrected chi connectivity index (χ4v) is 1.58. The SMILES string of the molecule is CCOC(=O)/C(C#N)=C/c1ccc2nccnc2c1. The number of hydrogen-bond donors (Lipinski definition) is 0.